The smallest absolute Gasteiger partial charge is 0.127 e. The maximum atomic E-state index is 12.7. The summed E-state index contributed by atoms with van der Waals surface area (Å²) in [4.78, 5) is 0.771. The van der Waals surface area contributed by atoms with Crippen molar-refractivity contribution in [2.45, 2.75) is 23.0 Å². The average Bonchev–Trinajstić information content (AvgIpc) is 2.65. The predicted octanol–water partition coefficient (Wildman–Crippen LogP) is 3.50. The molecule has 0 spiro atoms. The Labute approximate surface area is 151 Å². The number of aryl methyl sites for hydroxylation is 1. The molecule has 0 aliphatic heterocycles. The van der Waals surface area contributed by atoms with Gasteiger partial charge in [0.1, 0.15) is 11.2 Å². The highest BCUT2D eigenvalue weighted by atomic mass is 32.2. The monoisotopic (exact) mass is 354 g/mol. The van der Waals surface area contributed by atoms with E-state index < -0.39 is 22.0 Å². The zero-order valence-electron chi connectivity index (χ0n) is 14.4. The van der Waals surface area contributed by atoms with Crippen LogP contribution in [-0.2, 0) is 21.1 Å². The molecule has 1 aliphatic rings. The molecular formula is C21H22O3S. The van der Waals surface area contributed by atoms with Gasteiger partial charge in [0.05, 0.1) is 16.6 Å². The molecule has 4 heteroatoms. The van der Waals surface area contributed by atoms with Gasteiger partial charge in [-0.25, -0.2) is 0 Å². The Morgan fingerprint density at radius 2 is 1.56 bits per heavy atom. The van der Waals surface area contributed by atoms with E-state index in [0.29, 0.717) is 5.75 Å². The van der Waals surface area contributed by atoms with Crippen LogP contribution in [0.3, 0.4) is 0 Å². The fourth-order valence-corrected chi connectivity index (χ4v) is 4.14. The lowest BCUT2D eigenvalue weighted by Gasteiger charge is -2.33. The van der Waals surface area contributed by atoms with Crippen LogP contribution in [0.4, 0.5) is 0 Å². The van der Waals surface area contributed by atoms with Gasteiger partial charge in [0.2, 0.25) is 0 Å². The van der Waals surface area contributed by atoms with Gasteiger partial charge in [0.25, 0.3) is 0 Å². The number of methoxy groups -OCH3 is 1. The van der Waals surface area contributed by atoms with Crippen molar-refractivity contribution in [3.63, 3.8) is 0 Å². The number of hydrogen-bond acceptors (Lipinski definition) is 3. The van der Waals surface area contributed by atoms with Crippen LogP contribution in [0.1, 0.15) is 11.1 Å². The minimum atomic E-state index is -1.21. The number of rotatable bonds is 5. The Kier molecular flexibility index (Phi) is 5.04. The Balaban J connectivity index is 1.81. The fraction of sp³-hybridized carbons (Fsp3) is 0.238. The van der Waals surface area contributed by atoms with Gasteiger partial charge in [0, 0.05) is 12.0 Å². The Hall–Kier alpha value is -2.01. The Morgan fingerprint density at radius 3 is 2.12 bits per heavy atom. The molecule has 0 unspecified atom stereocenters. The molecule has 0 fully saturated rings. The van der Waals surface area contributed by atoms with Gasteiger partial charge in [-0.1, -0.05) is 48.0 Å². The van der Waals surface area contributed by atoms with Crippen LogP contribution in [-0.4, -0.2) is 27.8 Å². The fourth-order valence-electron chi connectivity index (χ4n) is 2.81. The van der Waals surface area contributed by atoms with Gasteiger partial charge < -0.3 is 9.84 Å². The molecular weight excluding hydrogens is 332 g/mol. The highest BCUT2D eigenvalue weighted by Crippen LogP contribution is 2.33. The second-order valence-electron chi connectivity index (χ2n) is 6.32. The van der Waals surface area contributed by atoms with E-state index in [2.05, 4.69) is 0 Å². The van der Waals surface area contributed by atoms with Crippen LogP contribution in [0.15, 0.2) is 83.8 Å². The number of benzene rings is 2. The topological polar surface area (TPSA) is 46.5 Å². The van der Waals surface area contributed by atoms with Crippen molar-refractivity contribution >= 4 is 10.8 Å². The summed E-state index contributed by atoms with van der Waals surface area (Å²) >= 11 is 0. The third-order valence-electron chi connectivity index (χ3n) is 4.50. The molecule has 1 N–H and O–H groups in total. The first-order valence-corrected chi connectivity index (χ1v) is 9.47. The van der Waals surface area contributed by atoms with Gasteiger partial charge in [-0.05, 0) is 48.9 Å². The molecule has 130 valence electrons. The van der Waals surface area contributed by atoms with Crippen molar-refractivity contribution in [3.8, 4) is 0 Å². The van der Waals surface area contributed by atoms with Crippen LogP contribution in [0, 0.1) is 6.92 Å². The predicted molar refractivity (Wildman–Crippen MR) is 101 cm³/mol. The van der Waals surface area contributed by atoms with Crippen molar-refractivity contribution in [3.05, 3.63) is 90.0 Å². The van der Waals surface area contributed by atoms with E-state index in [-0.39, 0.29) is 0 Å². The van der Waals surface area contributed by atoms with Gasteiger partial charge in [-0.15, -0.1) is 0 Å². The quantitative estimate of drug-likeness (QED) is 0.836. The maximum absolute atomic E-state index is 12.7. The number of hydrogen-bond donors (Lipinski definition) is 1. The summed E-state index contributed by atoms with van der Waals surface area (Å²) < 4.78 is 18.4. The summed E-state index contributed by atoms with van der Waals surface area (Å²) in [5.74, 6) is 0.296. The normalized spacial score (nSPS) is 26.5. The highest BCUT2D eigenvalue weighted by Gasteiger charge is 2.35. The first kappa shape index (κ1) is 17.8. The summed E-state index contributed by atoms with van der Waals surface area (Å²) in [6.07, 6.45) is 7.01. The minimum absolute atomic E-state index is 0.296. The van der Waals surface area contributed by atoms with Crippen molar-refractivity contribution in [2.75, 3.05) is 12.9 Å². The molecule has 3 rings (SSSR count). The molecule has 0 bridgehead atoms. The summed E-state index contributed by atoms with van der Waals surface area (Å²) in [6, 6.07) is 17.1. The third kappa shape index (κ3) is 3.82. The second-order valence-corrected chi connectivity index (χ2v) is 7.77. The number of ether oxygens (including phenoxy) is 1. The van der Waals surface area contributed by atoms with E-state index in [1.165, 1.54) is 0 Å². The molecule has 3 nitrogen and oxygen atoms in total. The van der Waals surface area contributed by atoms with Gasteiger partial charge in [0.15, 0.2) is 0 Å². The van der Waals surface area contributed by atoms with Crippen molar-refractivity contribution < 1.29 is 14.1 Å². The van der Waals surface area contributed by atoms with Gasteiger partial charge in [-0.2, -0.15) is 0 Å². The van der Waals surface area contributed by atoms with Crippen LogP contribution in [0.2, 0.25) is 0 Å². The van der Waals surface area contributed by atoms with Crippen molar-refractivity contribution in [1.82, 2.24) is 0 Å². The summed E-state index contributed by atoms with van der Waals surface area (Å²) in [5, 5.41) is 10.8. The van der Waals surface area contributed by atoms with E-state index in [4.69, 9.17) is 4.74 Å². The third-order valence-corrected chi connectivity index (χ3v) is 6.01. The van der Waals surface area contributed by atoms with Crippen LogP contribution >= 0.6 is 0 Å². The zero-order valence-corrected chi connectivity index (χ0v) is 15.2. The molecule has 0 saturated carbocycles. The van der Waals surface area contributed by atoms with Crippen LogP contribution in [0.5, 0.6) is 0 Å². The summed E-state index contributed by atoms with van der Waals surface area (Å²) in [7, 11) is 0.384. The van der Waals surface area contributed by atoms with E-state index in [0.717, 1.165) is 16.0 Å². The van der Waals surface area contributed by atoms with Gasteiger partial charge in [-0.3, -0.25) is 4.21 Å². The number of aliphatic hydroxyl groups is 1. The largest absolute Gasteiger partial charge is 0.377 e. The molecule has 0 radical (unpaired) electrons. The standard InChI is InChI=1S/C21H22O3S/c1-17-8-10-19(11-9-17)25(23)16-20(24-2)12-14-21(22,15-13-20)18-6-4-3-5-7-18/h3-15,22H,16H2,1-2H3/t20?,21?,25-/m1/s1. The lowest BCUT2D eigenvalue weighted by molar-refractivity contribution is 0.0777. The molecule has 25 heavy (non-hydrogen) atoms. The molecule has 2 aromatic carbocycles. The molecule has 1 atom stereocenters. The summed E-state index contributed by atoms with van der Waals surface area (Å²) in [6.45, 7) is 2.00. The molecule has 2 aromatic rings. The lowest BCUT2D eigenvalue weighted by atomic mass is 9.85. The second kappa shape index (κ2) is 7.08. The molecule has 1 aliphatic carbocycles. The van der Waals surface area contributed by atoms with Crippen LogP contribution in [0.25, 0.3) is 0 Å². The van der Waals surface area contributed by atoms with Crippen LogP contribution < -0.4 is 0 Å². The lowest BCUT2D eigenvalue weighted by Crippen LogP contribution is -2.38. The maximum Gasteiger partial charge on any atom is 0.127 e. The Morgan fingerprint density at radius 1 is 0.960 bits per heavy atom. The molecule has 0 saturated heterocycles. The average molecular weight is 354 g/mol. The van der Waals surface area contributed by atoms with E-state index >= 15 is 0 Å². The highest BCUT2D eigenvalue weighted by molar-refractivity contribution is 7.85. The van der Waals surface area contributed by atoms with Gasteiger partial charge >= 0.3 is 0 Å². The minimum Gasteiger partial charge on any atom is -0.377 e. The molecule has 0 amide bonds. The Bertz CT molecular complexity index is 793. The van der Waals surface area contributed by atoms with E-state index in [9.17, 15) is 9.32 Å². The summed E-state index contributed by atoms with van der Waals surface area (Å²) in [5.41, 5.74) is -0.0507. The zero-order chi connectivity index (χ0) is 17.9. The van der Waals surface area contributed by atoms with E-state index in [1.54, 1.807) is 31.4 Å². The first-order chi connectivity index (χ1) is 12.0. The van der Waals surface area contributed by atoms with Crippen molar-refractivity contribution in [1.29, 1.82) is 0 Å². The molecule has 0 aromatic heterocycles. The first-order valence-electron chi connectivity index (χ1n) is 8.15. The SMILES string of the molecule is COC1(C[S@@](=O)c2ccc(C)cc2)C=CC(O)(c2ccccc2)C=C1. The van der Waals surface area contributed by atoms with E-state index in [1.807, 2.05) is 61.5 Å². The van der Waals surface area contributed by atoms with Crippen molar-refractivity contribution in [2.24, 2.45) is 0 Å². The molecule has 0 heterocycles.